The number of nitrogens with zero attached hydrogens (tertiary/aromatic N) is 5. The van der Waals surface area contributed by atoms with Gasteiger partial charge in [-0.05, 0) is 42.8 Å². The highest BCUT2D eigenvalue weighted by atomic mass is 32.2. The van der Waals surface area contributed by atoms with E-state index in [4.69, 9.17) is 0 Å². The lowest BCUT2D eigenvalue weighted by Gasteiger charge is -2.40. The van der Waals surface area contributed by atoms with Gasteiger partial charge in [0.1, 0.15) is 0 Å². The maximum absolute atomic E-state index is 13.4. The summed E-state index contributed by atoms with van der Waals surface area (Å²) in [5.74, 6) is 0. The normalized spacial score (nSPS) is 18.8. The van der Waals surface area contributed by atoms with Gasteiger partial charge in [0.2, 0.25) is 0 Å². The molecule has 3 rings (SSSR count). The monoisotopic (exact) mass is 571 g/mol. The molecule has 1 heterocycles. The van der Waals surface area contributed by atoms with Crippen LogP contribution < -0.4 is 4.90 Å². The van der Waals surface area contributed by atoms with Crippen LogP contribution in [0.15, 0.2) is 63.0 Å². The number of hydrogen-bond acceptors (Lipinski definition) is 6. The Balaban J connectivity index is 2.28. The highest BCUT2D eigenvalue weighted by molar-refractivity contribution is 7.93. The van der Waals surface area contributed by atoms with Crippen LogP contribution in [0.5, 0.6) is 0 Å². The maximum atomic E-state index is 13.4. The summed E-state index contributed by atoms with van der Waals surface area (Å²) in [6.07, 6.45) is -12.5. The van der Waals surface area contributed by atoms with Crippen molar-refractivity contribution in [1.29, 1.82) is 10.5 Å². The van der Waals surface area contributed by atoms with Gasteiger partial charge in [0, 0.05) is 19.0 Å². The molecule has 0 bridgehead atoms. The Morgan fingerprint density at radius 1 is 1.08 bits per heavy atom. The number of aliphatic hydroxyl groups excluding tert-OH is 1. The summed E-state index contributed by atoms with van der Waals surface area (Å²) in [4.78, 5) is 14.8. The number of hydrogen-bond donors (Lipinski definition) is 1. The highest BCUT2D eigenvalue weighted by Crippen LogP contribution is 2.42. The molecule has 0 aromatic heterocycles. The third kappa shape index (κ3) is 5.69. The molecule has 0 spiro atoms. The molecule has 1 aliphatic heterocycles. The topological polar surface area (TPSA) is 121 Å². The number of halogens is 6. The van der Waals surface area contributed by atoms with Gasteiger partial charge in [-0.25, -0.2) is 9.00 Å². The lowest BCUT2D eigenvalue weighted by Crippen LogP contribution is -2.47. The number of aliphatic hydroxyl groups is 1. The molecule has 0 radical (unpaired) electrons. The number of alkyl halides is 6. The number of nitriles is 2. The standard InChI is InChI=1S/C24H19F6N5O3S/c1-13-18(12-32)20(34(2)22(37)35(13)16-6-4-5-15(10-16)23(25,26)27)17-8-7-14(11-31)9-19(17)39(3,38)33-21(36)24(28,29)30/h4-10,20-21,36H,1-3H3/t20-,21?,39-/m1/s1. The minimum absolute atomic E-state index is 0.0879. The van der Waals surface area contributed by atoms with Crippen molar-refractivity contribution in [1.82, 2.24) is 4.90 Å². The molecule has 0 saturated carbocycles. The first-order valence-corrected chi connectivity index (χ1v) is 12.7. The Labute approximate surface area is 219 Å². The molecule has 2 aromatic rings. The molecule has 3 atom stereocenters. The maximum Gasteiger partial charge on any atom is 0.435 e. The highest BCUT2D eigenvalue weighted by Gasteiger charge is 2.42. The molecule has 8 nitrogen and oxygen atoms in total. The van der Waals surface area contributed by atoms with Crippen molar-refractivity contribution < 1.29 is 40.5 Å². The first kappa shape index (κ1) is 29.5. The van der Waals surface area contributed by atoms with Crippen LogP contribution >= 0.6 is 0 Å². The number of carbonyl (C=O) groups is 1. The van der Waals surface area contributed by atoms with Gasteiger partial charge >= 0.3 is 18.4 Å². The van der Waals surface area contributed by atoms with Crippen molar-refractivity contribution in [2.75, 3.05) is 18.2 Å². The Morgan fingerprint density at radius 3 is 2.26 bits per heavy atom. The number of anilines is 1. The molecule has 206 valence electrons. The summed E-state index contributed by atoms with van der Waals surface area (Å²) in [6, 6.07) is 8.55. The van der Waals surface area contributed by atoms with E-state index >= 15 is 0 Å². The van der Waals surface area contributed by atoms with Gasteiger partial charge in [0.15, 0.2) is 0 Å². The summed E-state index contributed by atoms with van der Waals surface area (Å²) in [5.41, 5.74) is -1.80. The van der Waals surface area contributed by atoms with E-state index < -0.39 is 50.8 Å². The Hall–Kier alpha value is -4.08. The molecule has 39 heavy (non-hydrogen) atoms. The predicted octanol–water partition coefficient (Wildman–Crippen LogP) is 5.33. The lowest BCUT2D eigenvalue weighted by molar-refractivity contribution is -0.200. The molecule has 0 aliphatic carbocycles. The van der Waals surface area contributed by atoms with Crippen LogP contribution in [-0.2, 0) is 15.9 Å². The first-order valence-electron chi connectivity index (χ1n) is 10.8. The molecule has 1 N–H and O–H groups in total. The Morgan fingerprint density at radius 2 is 1.72 bits per heavy atom. The van der Waals surface area contributed by atoms with E-state index in [1.54, 1.807) is 6.07 Å². The summed E-state index contributed by atoms with van der Waals surface area (Å²) in [5, 5.41) is 28.7. The van der Waals surface area contributed by atoms with Crippen LogP contribution in [0.4, 0.5) is 36.8 Å². The van der Waals surface area contributed by atoms with Gasteiger partial charge in [-0.1, -0.05) is 12.1 Å². The SMILES string of the molecule is CC1=C(C#N)[C@@H](c2ccc(C#N)cc2[S@@](C)(=O)=NC(O)C(F)(F)F)N(C)C(=O)N1c1cccc(C(F)(F)F)c1. The van der Waals surface area contributed by atoms with Crippen molar-refractivity contribution in [3.63, 3.8) is 0 Å². The zero-order valence-electron chi connectivity index (χ0n) is 20.4. The minimum Gasteiger partial charge on any atom is -0.364 e. The van der Waals surface area contributed by atoms with Crippen LogP contribution in [0.1, 0.15) is 29.7 Å². The zero-order chi connectivity index (χ0) is 29.5. The van der Waals surface area contributed by atoms with E-state index in [0.717, 1.165) is 34.3 Å². The summed E-state index contributed by atoms with van der Waals surface area (Å²) >= 11 is 0. The molecule has 15 heteroatoms. The van der Waals surface area contributed by atoms with Gasteiger partial charge in [0.25, 0.3) is 6.23 Å². The molecule has 1 unspecified atom stereocenters. The van der Waals surface area contributed by atoms with Crippen LogP contribution in [0, 0.1) is 22.7 Å². The third-order valence-corrected chi connectivity index (χ3v) is 7.64. The zero-order valence-corrected chi connectivity index (χ0v) is 21.2. The average Bonchev–Trinajstić information content (AvgIpc) is 2.84. The Bertz CT molecular complexity index is 1560. The van der Waals surface area contributed by atoms with Crippen molar-refractivity contribution in [2.24, 2.45) is 4.36 Å². The van der Waals surface area contributed by atoms with E-state index in [1.807, 2.05) is 6.07 Å². The third-order valence-electron chi connectivity index (χ3n) is 5.87. The summed E-state index contributed by atoms with van der Waals surface area (Å²) in [7, 11) is -2.89. The van der Waals surface area contributed by atoms with Crippen molar-refractivity contribution in [3.05, 3.63) is 70.4 Å². The van der Waals surface area contributed by atoms with Gasteiger partial charge in [-0.2, -0.15) is 41.2 Å². The van der Waals surface area contributed by atoms with Crippen LogP contribution in [0.25, 0.3) is 0 Å². The van der Waals surface area contributed by atoms with Gasteiger partial charge < -0.3 is 10.0 Å². The largest absolute Gasteiger partial charge is 0.435 e. The quantitative estimate of drug-likeness (QED) is 0.498. The number of likely N-dealkylation sites (N-methyl/N-ethyl adjacent to an activating group) is 1. The minimum atomic E-state index is -5.25. The summed E-state index contributed by atoms with van der Waals surface area (Å²) < 4.78 is 95.2. The first-order chi connectivity index (χ1) is 17.9. The molecule has 2 amide bonds. The summed E-state index contributed by atoms with van der Waals surface area (Å²) in [6.45, 7) is 1.29. The van der Waals surface area contributed by atoms with Gasteiger partial charge in [-0.15, -0.1) is 0 Å². The fourth-order valence-electron chi connectivity index (χ4n) is 4.02. The average molecular weight is 572 g/mol. The van der Waals surface area contributed by atoms with Crippen molar-refractivity contribution in [2.45, 2.75) is 36.4 Å². The van der Waals surface area contributed by atoms with Crippen molar-refractivity contribution >= 4 is 21.4 Å². The molecule has 2 aromatic carbocycles. The number of carbonyl (C=O) groups excluding carboxylic acids is 1. The second-order valence-electron chi connectivity index (χ2n) is 8.48. The Kier molecular flexibility index (Phi) is 7.74. The van der Waals surface area contributed by atoms with E-state index in [1.165, 1.54) is 32.2 Å². The lowest BCUT2D eigenvalue weighted by atomic mass is 9.93. The van der Waals surface area contributed by atoms with Crippen LogP contribution in [-0.4, -0.2) is 46.0 Å². The molecule has 0 fully saturated rings. The van der Waals surface area contributed by atoms with E-state index in [2.05, 4.69) is 4.36 Å². The predicted molar refractivity (Wildman–Crippen MR) is 126 cm³/mol. The fraction of sp³-hybridized carbons (Fsp3) is 0.292. The fourth-order valence-corrected chi connectivity index (χ4v) is 5.60. The number of allylic oxidation sites excluding steroid dienone is 1. The van der Waals surface area contributed by atoms with Gasteiger partial charge in [0.05, 0.1) is 55.2 Å². The number of benzene rings is 2. The van der Waals surface area contributed by atoms with Crippen LogP contribution in [0.3, 0.4) is 0 Å². The van der Waals surface area contributed by atoms with Gasteiger partial charge in [-0.3, -0.25) is 4.90 Å². The van der Waals surface area contributed by atoms with E-state index in [9.17, 15) is 51.0 Å². The van der Waals surface area contributed by atoms with E-state index in [-0.39, 0.29) is 28.1 Å². The second-order valence-corrected chi connectivity index (χ2v) is 10.7. The number of urea groups is 1. The second kappa shape index (κ2) is 10.2. The molecule has 0 saturated heterocycles. The molecular formula is C24H19F6N5O3S. The smallest absolute Gasteiger partial charge is 0.364 e. The van der Waals surface area contributed by atoms with E-state index in [0.29, 0.717) is 6.07 Å². The van der Waals surface area contributed by atoms with Crippen molar-refractivity contribution in [3.8, 4) is 12.1 Å². The van der Waals surface area contributed by atoms with Crippen LogP contribution in [0.2, 0.25) is 0 Å². The number of rotatable bonds is 4. The molecule has 1 aliphatic rings. The number of amides is 2. The molecular weight excluding hydrogens is 552 g/mol.